The first-order valence-electron chi connectivity index (χ1n) is 7.30. The maximum Gasteiger partial charge on any atom is 0.407 e. The molecule has 0 saturated heterocycles. The molecule has 0 heterocycles. The van der Waals surface area contributed by atoms with E-state index in [1.807, 2.05) is 49.4 Å². The van der Waals surface area contributed by atoms with E-state index in [4.69, 9.17) is 16.3 Å². The molecule has 0 fully saturated rings. The van der Waals surface area contributed by atoms with Crippen molar-refractivity contribution in [3.63, 3.8) is 0 Å². The number of carbonyl (C=O) groups excluding carboxylic acids is 2. The van der Waals surface area contributed by atoms with Gasteiger partial charge >= 0.3 is 6.09 Å². The van der Waals surface area contributed by atoms with Gasteiger partial charge in [0.05, 0.1) is 0 Å². The van der Waals surface area contributed by atoms with Crippen LogP contribution in [0.5, 0.6) is 0 Å². The Balaban J connectivity index is 1.78. The summed E-state index contributed by atoms with van der Waals surface area (Å²) in [6.45, 7) is 2.67. The fraction of sp³-hybridized carbons (Fsp3) is 0.222. The maximum absolute atomic E-state index is 11.7. The van der Waals surface area contributed by atoms with E-state index in [0.717, 1.165) is 11.1 Å². The third-order valence-corrected chi connectivity index (χ3v) is 3.69. The van der Waals surface area contributed by atoms with Crippen LogP contribution in [-0.4, -0.2) is 17.9 Å². The Labute approximate surface area is 140 Å². The molecule has 23 heavy (non-hydrogen) atoms. The molecule has 1 atom stereocenters. The summed E-state index contributed by atoms with van der Waals surface area (Å²) in [5, 5.41) is 2.25. The molecule has 5 heteroatoms. The number of amides is 1. The van der Waals surface area contributed by atoms with Crippen LogP contribution in [-0.2, 0) is 11.3 Å². The Bertz CT molecular complexity index is 656. The lowest BCUT2D eigenvalue weighted by molar-refractivity contribution is 0.108. The third kappa shape index (κ3) is 5.42. The van der Waals surface area contributed by atoms with E-state index in [1.165, 1.54) is 0 Å². The van der Waals surface area contributed by atoms with Crippen molar-refractivity contribution in [3.8, 4) is 0 Å². The maximum atomic E-state index is 11.7. The zero-order valence-corrected chi connectivity index (χ0v) is 13.5. The largest absolute Gasteiger partial charge is 0.445 e. The molecule has 0 aromatic heterocycles. The van der Waals surface area contributed by atoms with Gasteiger partial charge in [0.25, 0.3) is 5.24 Å². The van der Waals surface area contributed by atoms with Gasteiger partial charge < -0.3 is 10.1 Å². The van der Waals surface area contributed by atoms with Gasteiger partial charge in [0.2, 0.25) is 0 Å². The van der Waals surface area contributed by atoms with Gasteiger partial charge in [-0.25, -0.2) is 4.79 Å². The van der Waals surface area contributed by atoms with E-state index >= 15 is 0 Å². The van der Waals surface area contributed by atoms with Crippen LogP contribution in [0.4, 0.5) is 4.79 Å². The molecule has 0 bridgehead atoms. The van der Waals surface area contributed by atoms with E-state index < -0.39 is 11.3 Å². The summed E-state index contributed by atoms with van der Waals surface area (Å²) in [4.78, 5) is 22.7. The van der Waals surface area contributed by atoms with E-state index in [-0.39, 0.29) is 12.5 Å². The highest BCUT2D eigenvalue weighted by molar-refractivity contribution is 6.67. The molecule has 0 saturated carbocycles. The molecule has 120 valence electrons. The van der Waals surface area contributed by atoms with Crippen molar-refractivity contribution in [2.45, 2.75) is 19.4 Å². The summed E-state index contributed by atoms with van der Waals surface area (Å²) in [5.74, 6) is 0.0961. The molecule has 0 spiro atoms. The van der Waals surface area contributed by atoms with Crippen LogP contribution in [0.2, 0.25) is 0 Å². The number of ether oxygens (including phenoxy) is 1. The molecule has 2 rings (SSSR count). The topological polar surface area (TPSA) is 55.4 Å². The lowest BCUT2D eigenvalue weighted by Crippen LogP contribution is -2.28. The van der Waals surface area contributed by atoms with Crippen LogP contribution < -0.4 is 5.32 Å². The third-order valence-electron chi connectivity index (χ3n) is 3.47. The first kappa shape index (κ1) is 17.0. The molecule has 0 aliphatic heterocycles. The highest BCUT2D eigenvalue weighted by Gasteiger charge is 2.10. The monoisotopic (exact) mass is 331 g/mol. The van der Waals surface area contributed by atoms with Crippen LogP contribution in [0.3, 0.4) is 0 Å². The summed E-state index contributed by atoms with van der Waals surface area (Å²) >= 11 is 5.41. The highest BCUT2D eigenvalue weighted by atomic mass is 35.5. The van der Waals surface area contributed by atoms with Gasteiger partial charge in [-0.2, -0.15) is 0 Å². The average Bonchev–Trinajstić information content (AvgIpc) is 2.58. The molecule has 4 nitrogen and oxygen atoms in total. The minimum absolute atomic E-state index is 0.0961. The molecule has 1 amide bonds. The van der Waals surface area contributed by atoms with E-state index in [9.17, 15) is 9.59 Å². The Hall–Kier alpha value is -2.33. The van der Waals surface area contributed by atoms with E-state index in [0.29, 0.717) is 12.1 Å². The Morgan fingerprint density at radius 1 is 1.09 bits per heavy atom. The van der Waals surface area contributed by atoms with Gasteiger partial charge in [-0.1, -0.05) is 49.4 Å². The van der Waals surface area contributed by atoms with Crippen molar-refractivity contribution in [3.05, 3.63) is 71.3 Å². The predicted octanol–water partition coefficient (Wildman–Crippen LogP) is 4.10. The summed E-state index contributed by atoms with van der Waals surface area (Å²) in [5.41, 5.74) is 2.41. The minimum atomic E-state index is -0.480. The number of rotatable bonds is 6. The van der Waals surface area contributed by atoms with E-state index in [1.54, 1.807) is 12.1 Å². The van der Waals surface area contributed by atoms with Crippen molar-refractivity contribution in [2.75, 3.05) is 6.54 Å². The standard InChI is InChI=1S/C18H18ClNO3/c1-13(15-7-9-16(10-8-15)17(19)21)11-20-18(22)23-12-14-5-3-2-4-6-14/h2-10,13H,11-12H2,1H3,(H,20,22). The molecule has 2 aromatic rings. The molecular formula is C18H18ClNO3. The predicted molar refractivity (Wildman–Crippen MR) is 89.7 cm³/mol. The van der Waals surface area contributed by atoms with Crippen LogP contribution in [0.1, 0.15) is 34.3 Å². The summed E-state index contributed by atoms with van der Waals surface area (Å²) < 4.78 is 5.15. The van der Waals surface area contributed by atoms with Gasteiger partial charge in [0, 0.05) is 12.1 Å². The fourth-order valence-electron chi connectivity index (χ4n) is 2.07. The van der Waals surface area contributed by atoms with Crippen molar-refractivity contribution in [1.82, 2.24) is 5.32 Å². The van der Waals surface area contributed by atoms with Gasteiger partial charge in [0.15, 0.2) is 0 Å². The molecule has 0 aliphatic carbocycles. The van der Waals surface area contributed by atoms with Crippen LogP contribution in [0, 0.1) is 0 Å². The molecule has 1 unspecified atom stereocenters. The zero-order valence-electron chi connectivity index (χ0n) is 12.8. The SMILES string of the molecule is CC(CNC(=O)OCc1ccccc1)c1ccc(C(=O)Cl)cc1. The van der Waals surface area contributed by atoms with Gasteiger partial charge in [0.1, 0.15) is 6.61 Å². The fourth-order valence-corrected chi connectivity index (χ4v) is 2.20. The van der Waals surface area contributed by atoms with Crippen LogP contribution in [0.15, 0.2) is 54.6 Å². The van der Waals surface area contributed by atoms with Crippen molar-refractivity contribution < 1.29 is 14.3 Å². The minimum Gasteiger partial charge on any atom is -0.445 e. The Morgan fingerprint density at radius 3 is 2.35 bits per heavy atom. The van der Waals surface area contributed by atoms with Gasteiger partial charge in [-0.05, 0) is 40.8 Å². The number of hydrogen-bond donors (Lipinski definition) is 1. The van der Waals surface area contributed by atoms with Crippen molar-refractivity contribution in [2.24, 2.45) is 0 Å². The quantitative estimate of drug-likeness (QED) is 0.811. The molecular weight excluding hydrogens is 314 g/mol. The van der Waals surface area contributed by atoms with Crippen molar-refractivity contribution >= 4 is 22.9 Å². The number of nitrogens with one attached hydrogen (secondary N) is 1. The second kappa shape index (κ2) is 8.34. The zero-order chi connectivity index (χ0) is 16.7. The normalized spacial score (nSPS) is 11.6. The van der Waals surface area contributed by atoms with Gasteiger partial charge in [-0.3, -0.25) is 4.79 Å². The molecule has 0 radical (unpaired) electrons. The van der Waals surface area contributed by atoms with E-state index in [2.05, 4.69) is 5.32 Å². The number of halogens is 1. The molecule has 0 aliphatic rings. The smallest absolute Gasteiger partial charge is 0.407 e. The molecule has 1 N–H and O–H groups in total. The number of hydrogen-bond acceptors (Lipinski definition) is 3. The number of carbonyl (C=O) groups is 2. The number of benzene rings is 2. The van der Waals surface area contributed by atoms with Crippen LogP contribution in [0.25, 0.3) is 0 Å². The first-order valence-corrected chi connectivity index (χ1v) is 7.68. The highest BCUT2D eigenvalue weighted by Crippen LogP contribution is 2.16. The second-order valence-electron chi connectivity index (χ2n) is 5.24. The first-order chi connectivity index (χ1) is 11.1. The summed E-state index contributed by atoms with van der Waals surface area (Å²) in [6, 6.07) is 16.5. The average molecular weight is 332 g/mol. The van der Waals surface area contributed by atoms with Crippen LogP contribution >= 0.6 is 11.6 Å². The summed E-state index contributed by atoms with van der Waals surface area (Å²) in [7, 11) is 0. The Kier molecular flexibility index (Phi) is 6.18. The lowest BCUT2D eigenvalue weighted by Gasteiger charge is -2.13. The second-order valence-corrected chi connectivity index (χ2v) is 5.58. The number of alkyl carbamates (subject to hydrolysis) is 1. The van der Waals surface area contributed by atoms with Gasteiger partial charge in [-0.15, -0.1) is 0 Å². The Morgan fingerprint density at radius 2 is 1.74 bits per heavy atom. The summed E-state index contributed by atoms with van der Waals surface area (Å²) in [6.07, 6.45) is -0.451. The molecule has 2 aromatic carbocycles. The van der Waals surface area contributed by atoms with Crippen molar-refractivity contribution in [1.29, 1.82) is 0 Å². The lowest BCUT2D eigenvalue weighted by atomic mass is 10.00.